The topological polar surface area (TPSA) is 70.6 Å². The van der Waals surface area contributed by atoms with E-state index in [0.29, 0.717) is 0 Å². The molecule has 0 aliphatic carbocycles. The molecule has 0 bridgehead atoms. The van der Waals surface area contributed by atoms with Crippen LogP contribution in [0.3, 0.4) is 0 Å². The van der Waals surface area contributed by atoms with Gasteiger partial charge in [-0.25, -0.2) is 5.43 Å². The van der Waals surface area contributed by atoms with E-state index < -0.39 is 11.8 Å². The summed E-state index contributed by atoms with van der Waals surface area (Å²) >= 11 is 11.8. The molecule has 7 heteroatoms. The molecule has 0 unspecified atom stereocenters. The van der Waals surface area contributed by atoms with Gasteiger partial charge in [0, 0.05) is 0 Å². The highest BCUT2D eigenvalue weighted by molar-refractivity contribution is 6.45. The van der Waals surface area contributed by atoms with E-state index in [-0.39, 0.29) is 15.7 Å². The second-order valence-corrected chi connectivity index (χ2v) is 5.84. The lowest BCUT2D eigenvalue weighted by molar-refractivity contribution is -0.136. The van der Waals surface area contributed by atoms with Crippen molar-refractivity contribution in [1.82, 2.24) is 5.43 Å². The number of allylic oxidation sites excluding steroid dienone is 1. The Morgan fingerprint density at radius 1 is 1.00 bits per heavy atom. The van der Waals surface area contributed by atoms with Crippen molar-refractivity contribution in [2.24, 2.45) is 5.10 Å². The summed E-state index contributed by atoms with van der Waals surface area (Å²) in [5, 5.41) is 6.57. The van der Waals surface area contributed by atoms with Gasteiger partial charge in [-0.2, -0.15) is 5.10 Å². The van der Waals surface area contributed by atoms with E-state index >= 15 is 0 Å². The molecule has 2 aromatic carbocycles. The number of carbonyl (C=O) groups is 2. The average Bonchev–Trinajstić information content (AvgIpc) is 2.59. The monoisotopic (exact) mass is 375 g/mol. The summed E-state index contributed by atoms with van der Waals surface area (Å²) in [5.74, 6) is -1.81. The van der Waals surface area contributed by atoms with Crippen LogP contribution in [0.2, 0.25) is 10.0 Å². The highest BCUT2D eigenvalue weighted by atomic mass is 35.5. The fraction of sp³-hybridized carbons (Fsp3) is 0.0556. The standard InChI is InChI=1S/C18H15Cl2N3O2/c1-12(10-13-6-3-2-4-7-13)11-21-23-18(25)17(24)22-15-9-5-8-14(19)16(15)20/h2-11H,1H3,(H,22,24)(H,23,25)/b12-10-,21-11+. The summed E-state index contributed by atoms with van der Waals surface area (Å²) in [7, 11) is 0. The third-order valence-corrected chi connectivity index (χ3v) is 3.85. The quantitative estimate of drug-likeness (QED) is 0.478. The van der Waals surface area contributed by atoms with Crippen LogP contribution in [0.15, 0.2) is 59.2 Å². The SMILES string of the molecule is CC(=C/c1ccccc1)/C=N/NC(=O)C(=O)Nc1cccc(Cl)c1Cl. The summed E-state index contributed by atoms with van der Waals surface area (Å²) < 4.78 is 0. The Labute approximate surface area is 155 Å². The second-order valence-electron chi connectivity index (χ2n) is 5.05. The minimum Gasteiger partial charge on any atom is -0.316 e. The van der Waals surface area contributed by atoms with E-state index in [1.807, 2.05) is 43.3 Å². The van der Waals surface area contributed by atoms with Crippen LogP contribution in [0, 0.1) is 0 Å². The summed E-state index contributed by atoms with van der Waals surface area (Å²) in [6.45, 7) is 1.83. The first-order valence-electron chi connectivity index (χ1n) is 7.29. The van der Waals surface area contributed by atoms with Gasteiger partial charge >= 0.3 is 11.8 Å². The molecule has 0 fully saturated rings. The minimum atomic E-state index is -0.917. The molecule has 0 spiro atoms. The van der Waals surface area contributed by atoms with Gasteiger partial charge in [-0.05, 0) is 30.2 Å². The van der Waals surface area contributed by atoms with Crippen LogP contribution >= 0.6 is 23.2 Å². The molecule has 0 saturated heterocycles. The van der Waals surface area contributed by atoms with Crippen molar-refractivity contribution < 1.29 is 9.59 Å². The van der Waals surface area contributed by atoms with E-state index in [9.17, 15) is 9.59 Å². The van der Waals surface area contributed by atoms with Crippen LogP contribution in [0.4, 0.5) is 5.69 Å². The molecule has 2 aromatic rings. The summed E-state index contributed by atoms with van der Waals surface area (Å²) in [4.78, 5) is 23.6. The fourth-order valence-corrected chi connectivity index (χ4v) is 2.22. The molecular formula is C18H15Cl2N3O2. The molecule has 5 nitrogen and oxygen atoms in total. The third-order valence-electron chi connectivity index (χ3n) is 3.03. The number of hydrazone groups is 1. The van der Waals surface area contributed by atoms with E-state index in [2.05, 4.69) is 15.8 Å². The number of rotatable bonds is 4. The lowest BCUT2D eigenvalue weighted by atomic mass is 10.1. The Morgan fingerprint density at radius 2 is 1.72 bits per heavy atom. The Balaban J connectivity index is 1.92. The normalized spacial score (nSPS) is 11.4. The zero-order valence-electron chi connectivity index (χ0n) is 13.3. The number of hydrogen-bond acceptors (Lipinski definition) is 3. The van der Waals surface area contributed by atoms with Crippen LogP contribution in [-0.4, -0.2) is 18.0 Å². The summed E-state index contributed by atoms with van der Waals surface area (Å²) in [6.07, 6.45) is 3.34. The number of benzene rings is 2. The predicted molar refractivity (Wildman–Crippen MR) is 102 cm³/mol. The van der Waals surface area contributed by atoms with Crippen LogP contribution in [0.1, 0.15) is 12.5 Å². The molecule has 2 N–H and O–H groups in total. The lowest BCUT2D eigenvalue weighted by Gasteiger charge is -2.06. The third kappa shape index (κ3) is 5.74. The minimum absolute atomic E-state index is 0.162. The molecule has 128 valence electrons. The van der Waals surface area contributed by atoms with Gasteiger partial charge in [0.05, 0.1) is 21.9 Å². The van der Waals surface area contributed by atoms with Gasteiger partial charge < -0.3 is 5.32 Å². The Morgan fingerprint density at radius 3 is 2.44 bits per heavy atom. The van der Waals surface area contributed by atoms with E-state index in [4.69, 9.17) is 23.2 Å². The predicted octanol–water partition coefficient (Wildman–Crippen LogP) is 4.14. The number of carbonyl (C=O) groups excluding carboxylic acids is 2. The smallest absolute Gasteiger partial charge is 0.316 e. The van der Waals surface area contributed by atoms with E-state index in [0.717, 1.165) is 11.1 Å². The van der Waals surface area contributed by atoms with Gasteiger partial charge in [-0.3, -0.25) is 9.59 Å². The molecular weight excluding hydrogens is 361 g/mol. The molecule has 0 aliphatic rings. The maximum Gasteiger partial charge on any atom is 0.329 e. The number of anilines is 1. The van der Waals surface area contributed by atoms with Crippen molar-refractivity contribution in [3.05, 3.63) is 69.7 Å². The van der Waals surface area contributed by atoms with Gasteiger partial charge in [-0.1, -0.05) is 65.7 Å². The number of halogens is 2. The van der Waals surface area contributed by atoms with Crippen molar-refractivity contribution in [3.63, 3.8) is 0 Å². The Bertz CT molecular complexity index is 833. The molecule has 0 saturated carbocycles. The maximum absolute atomic E-state index is 11.8. The summed E-state index contributed by atoms with van der Waals surface area (Å²) in [5.41, 5.74) is 4.22. The Hall–Kier alpha value is -2.63. The lowest BCUT2D eigenvalue weighted by Crippen LogP contribution is -2.32. The summed E-state index contributed by atoms with van der Waals surface area (Å²) in [6, 6.07) is 14.4. The zero-order valence-corrected chi connectivity index (χ0v) is 14.8. The molecule has 0 aliphatic heterocycles. The van der Waals surface area contributed by atoms with E-state index in [1.54, 1.807) is 12.1 Å². The van der Waals surface area contributed by atoms with Gasteiger partial charge in [0.1, 0.15) is 0 Å². The highest BCUT2D eigenvalue weighted by Crippen LogP contribution is 2.29. The zero-order chi connectivity index (χ0) is 18.2. The van der Waals surface area contributed by atoms with Gasteiger partial charge in [0.2, 0.25) is 0 Å². The largest absolute Gasteiger partial charge is 0.329 e. The van der Waals surface area contributed by atoms with Crippen LogP contribution in [0.25, 0.3) is 6.08 Å². The van der Waals surface area contributed by atoms with Gasteiger partial charge in [-0.15, -0.1) is 0 Å². The maximum atomic E-state index is 11.8. The van der Waals surface area contributed by atoms with Gasteiger partial charge in [0.25, 0.3) is 0 Å². The second kappa shape index (κ2) is 9.01. The van der Waals surface area contributed by atoms with Crippen LogP contribution in [-0.2, 0) is 9.59 Å². The average molecular weight is 376 g/mol. The first kappa shape index (κ1) is 18.7. The van der Waals surface area contributed by atoms with Crippen molar-refractivity contribution in [2.45, 2.75) is 6.92 Å². The highest BCUT2D eigenvalue weighted by Gasteiger charge is 2.15. The molecule has 25 heavy (non-hydrogen) atoms. The van der Waals surface area contributed by atoms with Crippen molar-refractivity contribution in [1.29, 1.82) is 0 Å². The van der Waals surface area contributed by atoms with Crippen molar-refractivity contribution >= 4 is 53.0 Å². The number of hydrogen-bond donors (Lipinski definition) is 2. The van der Waals surface area contributed by atoms with Crippen LogP contribution in [0.5, 0.6) is 0 Å². The molecule has 0 radical (unpaired) electrons. The van der Waals surface area contributed by atoms with Crippen molar-refractivity contribution in [3.8, 4) is 0 Å². The molecule has 0 heterocycles. The fourth-order valence-electron chi connectivity index (χ4n) is 1.87. The van der Waals surface area contributed by atoms with Gasteiger partial charge in [0.15, 0.2) is 0 Å². The van der Waals surface area contributed by atoms with Crippen LogP contribution < -0.4 is 10.7 Å². The number of nitrogens with one attached hydrogen (secondary N) is 2. The molecule has 0 aromatic heterocycles. The molecule has 2 rings (SSSR count). The molecule has 2 amide bonds. The molecule has 0 atom stereocenters. The number of nitrogens with zero attached hydrogens (tertiary/aromatic N) is 1. The first-order chi connectivity index (χ1) is 12.0. The Kier molecular flexibility index (Phi) is 6.74. The van der Waals surface area contributed by atoms with E-state index in [1.165, 1.54) is 12.3 Å². The van der Waals surface area contributed by atoms with Crippen molar-refractivity contribution in [2.75, 3.05) is 5.32 Å². The first-order valence-corrected chi connectivity index (χ1v) is 8.04. The number of amides is 2.